The number of likely N-dealkylation sites (tertiary alicyclic amines) is 1. The zero-order valence-corrected chi connectivity index (χ0v) is 19.0. The molecular formula is C21H32ClN3O5. The second-order valence-corrected chi connectivity index (χ2v) is 10.5. The summed E-state index contributed by atoms with van der Waals surface area (Å²) >= 11 is 5.76. The Labute approximate surface area is 182 Å². The first-order chi connectivity index (χ1) is 13.9. The summed E-state index contributed by atoms with van der Waals surface area (Å²) in [6.45, 7) is 10.5. The molecule has 3 aliphatic rings. The first-order valence-electron chi connectivity index (χ1n) is 10.5. The van der Waals surface area contributed by atoms with Crippen LogP contribution in [0.15, 0.2) is 0 Å². The van der Waals surface area contributed by atoms with Crippen LogP contribution in [0, 0.1) is 23.2 Å². The molecule has 0 aromatic carbocycles. The molecule has 5 atom stereocenters. The Morgan fingerprint density at radius 2 is 2.00 bits per heavy atom. The van der Waals surface area contributed by atoms with Crippen molar-refractivity contribution in [3.8, 4) is 0 Å². The number of hydrogen-bond acceptors (Lipinski definition) is 5. The number of nitrogens with one attached hydrogen (secondary N) is 2. The molecule has 3 rings (SSSR count). The number of rotatable bonds is 6. The van der Waals surface area contributed by atoms with E-state index in [9.17, 15) is 19.2 Å². The number of ketones is 1. The number of ether oxygens (including phenoxy) is 1. The average molecular weight is 442 g/mol. The second kappa shape index (κ2) is 8.02. The van der Waals surface area contributed by atoms with Gasteiger partial charge in [0.25, 0.3) is 0 Å². The summed E-state index contributed by atoms with van der Waals surface area (Å²) in [6.07, 6.45) is 0.298. The van der Waals surface area contributed by atoms with Gasteiger partial charge in [-0.2, -0.15) is 0 Å². The number of hydrogen-bond donors (Lipinski definition) is 2. The lowest BCUT2D eigenvalue weighted by molar-refractivity contribution is -0.131. The van der Waals surface area contributed by atoms with Crippen molar-refractivity contribution in [2.24, 2.45) is 23.2 Å². The van der Waals surface area contributed by atoms with Gasteiger partial charge >= 0.3 is 6.09 Å². The van der Waals surface area contributed by atoms with Crippen molar-refractivity contribution in [2.75, 3.05) is 19.0 Å². The third-order valence-electron chi connectivity index (χ3n) is 6.63. The maximum Gasteiger partial charge on any atom is 0.410 e. The first-order valence-corrected chi connectivity index (χ1v) is 11.1. The highest BCUT2D eigenvalue weighted by molar-refractivity contribution is 6.28. The average Bonchev–Trinajstić information content (AvgIpc) is 3.01. The number of alkyl halides is 1. The van der Waals surface area contributed by atoms with Gasteiger partial charge in [-0.05, 0) is 50.9 Å². The van der Waals surface area contributed by atoms with Crippen molar-refractivity contribution < 1.29 is 23.9 Å². The molecular weight excluding hydrogens is 410 g/mol. The van der Waals surface area contributed by atoms with Crippen molar-refractivity contribution in [3.63, 3.8) is 0 Å². The molecule has 0 bridgehead atoms. The van der Waals surface area contributed by atoms with Crippen molar-refractivity contribution in [1.82, 2.24) is 15.5 Å². The van der Waals surface area contributed by atoms with Gasteiger partial charge in [-0.15, -0.1) is 11.6 Å². The van der Waals surface area contributed by atoms with Gasteiger partial charge < -0.3 is 15.4 Å². The molecule has 0 spiro atoms. The molecule has 3 fully saturated rings. The Morgan fingerprint density at radius 3 is 2.53 bits per heavy atom. The molecule has 2 heterocycles. The van der Waals surface area contributed by atoms with Crippen molar-refractivity contribution in [1.29, 1.82) is 0 Å². The number of halogens is 1. The highest BCUT2D eigenvalue weighted by Gasteiger charge is 2.69. The van der Waals surface area contributed by atoms with Crippen LogP contribution >= 0.6 is 11.6 Å². The van der Waals surface area contributed by atoms with Crippen LogP contribution < -0.4 is 10.6 Å². The van der Waals surface area contributed by atoms with Gasteiger partial charge in [0.05, 0.1) is 11.9 Å². The largest absolute Gasteiger partial charge is 0.444 e. The molecule has 30 heavy (non-hydrogen) atoms. The van der Waals surface area contributed by atoms with Crippen LogP contribution in [-0.2, 0) is 19.1 Å². The van der Waals surface area contributed by atoms with E-state index in [1.165, 1.54) is 4.90 Å². The lowest BCUT2D eigenvalue weighted by atomic mass is 9.95. The number of piperidine rings is 1. The molecule has 2 N–H and O–H groups in total. The van der Waals surface area contributed by atoms with E-state index < -0.39 is 23.8 Å². The third kappa shape index (κ3) is 4.43. The number of Topliss-reactive ketones (excluding diaryl/α,β-unsaturated/α-hetero) is 1. The molecule has 1 saturated carbocycles. The van der Waals surface area contributed by atoms with Crippen molar-refractivity contribution in [3.05, 3.63) is 0 Å². The Bertz CT molecular complexity index is 747. The van der Waals surface area contributed by atoms with Crippen LogP contribution in [0.3, 0.4) is 0 Å². The minimum atomic E-state index is -0.856. The highest BCUT2D eigenvalue weighted by Crippen LogP contribution is 2.65. The monoisotopic (exact) mass is 441 g/mol. The van der Waals surface area contributed by atoms with E-state index in [1.54, 1.807) is 20.8 Å². The zero-order chi connectivity index (χ0) is 22.4. The zero-order valence-electron chi connectivity index (χ0n) is 18.3. The van der Waals surface area contributed by atoms with Gasteiger partial charge in [0.1, 0.15) is 11.6 Å². The first kappa shape index (κ1) is 22.8. The Hall–Kier alpha value is -1.83. The number of amides is 3. The number of nitrogens with zero attached hydrogens (tertiary/aromatic N) is 1. The van der Waals surface area contributed by atoms with Gasteiger partial charge in [0.2, 0.25) is 11.8 Å². The molecule has 3 amide bonds. The Kier molecular flexibility index (Phi) is 6.11. The van der Waals surface area contributed by atoms with Crippen LogP contribution in [0.5, 0.6) is 0 Å². The van der Waals surface area contributed by atoms with E-state index in [-0.39, 0.29) is 53.1 Å². The molecule has 2 aliphatic heterocycles. The van der Waals surface area contributed by atoms with E-state index in [4.69, 9.17) is 16.3 Å². The Morgan fingerprint density at radius 1 is 1.33 bits per heavy atom. The number of fused-ring (bicyclic) bond motifs is 1. The molecule has 1 unspecified atom stereocenters. The molecule has 1 aliphatic carbocycles. The SMILES string of the molecule is CC(C)(C)OC(=O)N1C[C@H]2[C@@H]([C@H]1C(=O)N[C@@H](CC1CCNC1=O)C(=O)CCl)C2(C)C. The Balaban J connectivity index is 1.75. The van der Waals surface area contributed by atoms with Crippen molar-refractivity contribution in [2.45, 2.75) is 65.1 Å². The molecule has 9 heteroatoms. The molecule has 2 saturated heterocycles. The summed E-state index contributed by atoms with van der Waals surface area (Å²) in [6, 6.07) is -1.56. The molecule has 8 nitrogen and oxygen atoms in total. The van der Waals surface area contributed by atoms with Gasteiger partial charge in [0.15, 0.2) is 5.78 Å². The van der Waals surface area contributed by atoms with Crippen LogP contribution in [0.1, 0.15) is 47.5 Å². The summed E-state index contributed by atoms with van der Waals surface area (Å²) in [5.74, 6) is -1.21. The van der Waals surface area contributed by atoms with Crippen LogP contribution in [0.2, 0.25) is 0 Å². The quantitative estimate of drug-likeness (QED) is 0.610. The molecule has 168 valence electrons. The van der Waals surface area contributed by atoms with Gasteiger partial charge in [-0.1, -0.05) is 13.8 Å². The second-order valence-electron chi connectivity index (χ2n) is 10.2. The predicted molar refractivity (Wildman–Crippen MR) is 111 cm³/mol. The summed E-state index contributed by atoms with van der Waals surface area (Å²) < 4.78 is 5.50. The number of carbonyl (C=O) groups is 4. The summed E-state index contributed by atoms with van der Waals surface area (Å²) in [7, 11) is 0. The fourth-order valence-corrected chi connectivity index (χ4v) is 5.06. The minimum absolute atomic E-state index is 0.00607. The minimum Gasteiger partial charge on any atom is -0.444 e. The summed E-state index contributed by atoms with van der Waals surface area (Å²) in [5.41, 5.74) is -0.731. The third-order valence-corrected chi connectivity index (χ3v) is 6.89. The van der Waals surface area contributed by atoms with E-state index >= 15 is 0 Å². The van der Waals surface area contributed by atoms with Crippen molar-refractivity contribution >= 4 is 35.3 Å². The lowest BCUT2D eigenvalue weighted by Crippen LogP contribution is -2.54. The van der Waals surface area contributed by atoms with Gasteiger partial charge in [-0.3, -0.25) is 19.3 Å². The molecule has 0 radical (unpaired) electrons. The van der Waals surface area contributed by atoms with E-state index in [0.29, 0.717) is 19.5 Å². The molecule has 0 aromatic heterocycles. The van der Waals surface area contributed by atoms with E-state index in [2.05, 4.69) is 24.5 Å². The maximum atomic E-state index is 13.3. The van der Waals surface area contributed by atoms with Gasteiger partial charge in [0, 0.05) is 19.0 Å². The highest BCUT2D eigenvalue weighted by atomic mass is 35.5. The lowest BCUT2D eigenvalue weighted by Gasteiger charge is -2.33. The van der Waals surface area contributed by atoms with E-state index in [1.807, 2.05) is 0 Å². The molecule has 0 aromatic rings. The fraction of sp³-hybridized carbons (Fsp3) is 0.810. The number of carbonyl (C=O) groups excluding carboxylic acids is 4. The van der Waals surface area contributed by atoms with Crippen LogP contribution in [0.4, 0.5) is 4.79 Å². The van der Waals surface area contributed by atoms with Crippen LogP contribution in [-0.4, -0.2) is 65.2 Å². The fourth-order valence-electron chi connectivity index (χ4n) is 4.87. The maximum absolute atomic E-state index is 13.3. The smallest absolute Gasteiger partial charge is 0.410 e. The summed E-state index contributed by atoms with van der Waals surface area (Å²) in [5, 5.41) is 5.54. The normalized spacial score (nSPS) is 30.3. The van der Waals surface area contributed by atoms with Gasteiger partial charge in [-0.25, -0.2) is 4.79 Å². The van der Waals surface area contributed by atoms with E-state index in [0.717, 1.165) is 0 Å². The predicted octanol–water partition coefficient (Wildman–Crippen LogP) is 1.70. The standard InChI is InChI=1S/C21H32ClN3O5/c1-20(2,3)30-19(29)25-10-12-15(21(12,4)5)16(25)18(28)24-13(14(26)9-22)8-11-6-7-23-17(11)27/h11-13,15-16H,6-10H2,1-5H3,(H,23,27)(H,24,28)/t11?,12-,13-,15-,16-/m0/s1. The summed E-state index contributed by atoms with van der Waals surface area (Å²) in [4.78, 5) is 51.8. The topological polar surface area (TPSA) is 105 Å². The van der Waals surface area contributed by atoms with Crippen LogP contribution in [0.25, 0.3) is 0 Å².